The van der Waals surface area contributed by atoms with Crippen LogP contribution in [0.3, 0.4) is 0 Å². The van der Waals surface area contributed by atoms with Crippen molar-refractivity contribution in [3.8, 4) is 5.75 Å². The van der Waals surface area contributed by atoms with Gasteiger partial charge in [-0.05, 0) is 24.3 Å². The first-order valence-corrected chi connectivity index (χ1v) is 5.22. The third kappa shape index (κ3) is 3.14. The Labute approximate surface area is 102 Å². The number of pyridine rings is 1. The molecule has 0 saturated carbocycles. The van der Waals surface area contributed by atoms with E-state index in [0.29, 0.717) is 10.8 Å². The molecule has 1 aromatic carbocycles. The van der Waals surface area contributed by atoms with Crippen molar-refractivity contribution in [3.05, 3.63) is 58.9 Å². The molecular formula is C12H8ClF2NO. The molecule has 2 nitrogen and oxygen atoms in total. The Hall–Kier alpha value is -1.68. The van der Waals surface area contributed by atoms with Gasteiger partial charge in [-0.2, -0.15) is 0 Å². The van der Waals surface area contributed by atoms with Crippen LogP contribution in [0.4, 0.5) is 8.78 Å². The highest BCUT2D eigenvalue weighted by atomic mass is 35.5. The largest absolute Gasteiger partial charge is 0.484 e. The second kappa shape index (κ2) is 5.10. The molecule has 1 aromatic heterocycles. The maximum Gasteiger partial charge on any atom is 0.165 e. The van der Waals surface area contributed by atoms with E-state index in [4.69, 9.17) is 16.3 Å². The lowest BCUT2D eigenvalue weighted by molar-refractivity contribution is 0.284. The zero-order valence-electron chi connectivity index (χ0n) is 8.66. The Kier molecular flexibility index (Phi) is 3.54. The predicted octanol–water partition coefficient (Wildman–Crippen LogP) is 3.59. The molecule has 0 saturated heterocycles. The molecule has 0 spiro atoms. The lowest BCUT2D eigenvalue weighted by Crippen LogP contribution is -2.00. The molecule has 0 unspecified atom stereocenters. The zero-order chi connectivity index (χ0) is 12.3. The second-order valence-corrected chi connectivity index (χ2v) is 3.70. The number of halogens is 3. The number of benzene rings is 1. The summed E-state index contributed by atoms with van der Waals surface area (Å²) in [7, 11) is 0. The molecular weight excluding hydrogens is 248 g/mol. The minimum Gasteiger partial charge on any atom is -0.484 e. The summed E-state index contributed by atoms with van der Waals surface area (Å²) in [5, 5.41) is 0.325. The number of ether oxygens (including phenoxy) is 1. The van der Waals surface area contributed by atoms with Gasteiger partial charge in [-0.25, -0.2) is 13.8 Å². The number of rotatable bonds is 3. The third-order valence-electron chi connectivity index (χ3n) is 2.04. The summed E-state index contributed by atoms with van der Waals surface area (Å²) in [6.07, 6.45) is 0. The first-order chi connectivity index (χ1) is 8.15. The van der Waals surface area contributed by atoms with Gasteiger partial charge >= 0.3 is 0 Å². The second-order valence-electron chi connectivity index (χ2n) is 3.32. The fraction of sp³-hybridized carbons (Fsp3) is 0.0833. The smallest absolute Gasteiger partial charge is 0.165 e. The van der Waals surface area contributed by atoms with Crippen LogP contribution in [0.1, 0.15) is 5.69 Å². The van der Waals surface area contributed by atoms with Crippen LogP contribution in [0.15, 0.2) is 36.4 Å². The number of hydrogen-bond donors (Lipinski definition) is 0. The van der Waals surface area contributed by atoms with Crippen molar-refractivity contribution in [2.75, 3.05) is 0 Å². The summed E-state index contributed by atoms with van der Waals surface area (Å²) in [4.78, 5) is 3.96. The topological polar surface area (TPSA) is 22.1 Å². The quantitative estimate of drug-likeness (QED) is 0.782. The number of nitrogens with zero attached hydrogens (tertiary/aromatic N) is 1. The molecule has 0 aliphatic carbocycles. The average Bonchev–Trinajstić information content (AvgIpc) is 2.30. The highest BCUT2D eigenvalue weighted by Crippen LogP contribution is 2.19. The van der Waals surface area contributed by atoms with E-state index in [-0.39, 0.29) is 12.4 Å². The molecule has 0 amide bonds. The van der Waals surface area contributed by atoms with Crippen LogP contribution >= 0.6 is 11.6 Å². The average molecular weight is 256 g/mol. The molecule has 0 fully saturated rings. The van der Waals surface area contributed by atoms with Gasteiger partial charge in [-0.1, -0.05) is 17.7 Å². The molecule has 0 aliphatic rings. The van der Waals surface area contributed by atoms with Crippen molar-refractivity contribution in [1.29, 1.82) is 0 Å². The van der Waals surface area contributed by atoms with Crippen molar-refractivity contribution >= 4 is 11.6 Å². The summed E-state index contributed by atoms with van der Waals surface area (Å²) in [6.45, 7) is 0.0287. The lowest BCUT2D eigenvalue weighted by Gasteiger charge is -2.06. The van der Waals surface area contributed by atoms with Crippen LogP contribution in [0.25, 0.3) is 0 Å². The van der Waals surface area contributed by atoms with Crippen molar-refractivity contribution in [1.82, 2.24) is 4.98 Å². The van der Waals surface area contributed by atoms with Gasteiger partial charge in [0.2, 0.25) is 0 Å². The van der Waals surface area contributed by atoms with E-state index >= 15 is 0 Å². The molecule has 0 atom stereocenters. The Balaban J connectivity index is 2.09. The fourth-order valence-corrected chi connectivity index (χ4v) is 1.45. The molecule has 88 valence electrons. The first-order valence-electron chi connectivity index (χ1n) is 4.84. The van der Waals surface area contributed by atoms with E-state index in [1.165, 1.54) is 0 Å². The molecule has 2 aromatic rings. The van der Waals surface area contributed by atoms with Gasteiger partial charge in [0.1, 0.15) is 17.6 Å². The third-order valence-corrected chi connectivity index (χ3v) is 2.25. The maximum atomic E-state index is 13.2. The highest BCUT2D eigenvalue weighted by molar-refractivity contribution is 6.29. The van der Waals surface area contributed by atoms with Crippen LogP contribution < -0.4 is 4.74 Å². The predicted molar refractivity (Wildman–Crippen MR) is 59.9 cm³/mol. The van der Waals surface area contributed by atoms with Crippen molar-refractivity contribution in [2.45, 2.75) is 6.61 Å². The molecule has 1 heterocycles. The monoisotopic (exact) mass is 255 g/mol. The van der Waals surface area contributed by atoms with Crippen LogP contribution in [-0.2, 0) is 6.61 Å². The molecule has 17 heavy (non-hydrogen) atoms. The minimum atomic E-state index is -0.617. The number of aromatic nitrogens is 1. The molecule has 0 radical (unpaired) electrons. The van der Waals surface area contributed by atoms with E-state index < -0.39 is 11.6 Å². The lowest BCUT2D eigenvalue weighted by atomic mass is 10.3. The van der Waals surface area contributed by atoms with E-state index in [1.807, 2.05) is 0 Å². The van der Waals surface area contributed by atoms with Crippen molar-refractivity contribution in [2.24, 2.45) is 0 Å². The Morgan fingerprint density at radius 3 is 2.76 bits per heavy atom. The summed E-state index contributed by atoms with van der Waals surface area (Å²) in [5.74, 6) is -1.32. The van der Waals surface area contributed by atoms with Crippen LogP contribution in [0.5, 0.6) is 5.75 Å². The Morgan fingerprint density at radius 1 is 1.18 bits per heavy atom. The Bertz CT molecular complexity index is 534. The Morgan fingerprint density at radius 2 is 2.00 bits per heavy atom. The van der Waals surface area contributed by atoms with Gasteiger partial charge in [-0.15, -0.1) is 0 Å². The number of hydrogen-bond acceptors (Lipinski definition) is 2. The van der Waals surface area contributed by atoms with E-state index in [0.717, 1.165) is 18.2 Å². The normalized spacial score (nSPS) is 10.3. The maximum absolute atomic E-state index is 13.2. The van der Waals surface area contributed by atoms with Crippen LogP contribution in [0, 0.1) is 11.6 Å². The van der Waals surface area contributed by atoms with E-state index in [1.54, 1.807) is 18.2 Å². The van der Waals surface area contributed by atoms with E-state index in [2.05, 4.69) is 4.98 Å². The van der Waals surface area contributed by atoms with Gasteiger partial charge in [-0.3, -0.25) is 0 Å². The molecule has 0 N–H and O–H groups in total. The fourth-order valence-electron chi connectivity index (χ4n) is 1.27. The summed E-state index contributed by atoms with van der Waals surface area (Å²) >= 11 is 5.68. The van der Waals surface area contributed by atoms with E-state index in [9.17, 15) is 8.78 Å². The molecule has 0 bridgehead atoms. The molecule has 2 rings (SSSR count). The zero-order valence-corrected chi connectivity index (χ0v) is 9.42. The highest BCUT2D eigenvalue weighted by Gasteiger charge is 2.05. The van der Waals surface area contributed by atoms with Gasteiger partial charge in [0, 0.05) is 6.07 Å². The first kappa shape index (κ1) is 11.8. The minimum absolute atomic E-state index is 0.0287. The summed E-state index contributed by atoms with van der Waals surface area (Å²) in [5.41, 5.74) is 0.543. The van der Waals surface area contributed by atoms with Gasteiger partial charge < -0.3 is 4.74 Å². The van der Waals surface area contributed by atoms with Gasteiger partial charge in [0.05, 0.1) is 5.69 Å². The standard InChI is InChI=1S/C12H8ClF2NO/c13-12-3-1-2-9(16-12)7-17-11-6-8(14)4-5-10(11)15/h1-6H,7H2. The van der Waals surface area contributed by atoms with Crippen molar-refractivity contribution in [3.63, 3.8) is 0 Å². The summed E-state index contributed by atoms with van der Waals surface area (Å²) < 4.78 is 31.2. The SMILES string of the molecule is Fc1ccc(F)c(OCc2cccc(Cl)n2)c1. The van der Waals surface area contributed by atoms with Crippen LogP contribution in [0.2, 0.25) is 5.15 Å². The van der Waals surface area contributed by atoms with Gasteiger partial charge in [0.15, 0.2) is 11.6 Å². The molecule has 0 aliphatic heterocycles. The van der Waals surface area contributed by atoms with Gasteiger partial charge in [0.25, 0.3) is 0 Å². The molecule has 5 heteroatoms. The summed E-state index contributed by atoms with van der Waals surface area (Å²) in [6, 6.07) is 8.03. The van der Waals surface area contributed by atoms with Crippen molar-refractivity contribution < 1.29 is 13.5 Å². The van der Waals surface area contributed by atoms with Crippen LogP contribution in [-0.4, -0.2) is 4.98 Å².